The second-order valence-corrected chi connectivity index (χ2v) is 11.3. The Morgan fingerprint density at radius 1 is 0.976 bits per heavy atom. The van der Waals surface area contributed by atoms with Crippen molar-refractivity contribution in [1.82, 2.24) is 30.2 Å². The zero-order valence-electron chi connectivity index (χ0n) is 22.7. The molecule has 7 rings (SSSR count). The minimum Gasteiger partial charge on any atom is -0.489 e. The average Bonchev–Trinajstić information content (AvgIpc) is 3.82. The van der Waals surface area contributed by atoms with Crippen LogP contribution in [0.5, 0.6) is 5.75 Å². The molecule has 1 fully saturated rings. The zero-order valence-corrected chi connectivity index (χ0v) is 23.6. The van der Waals surface area contributed by atoms with E-state index in [4.69, 9.17) is 9.72 Å². The highest BCUT2D eigenvalue weighted by atomic mass is 32.1. The number of rotatable bonds is 8. The minimum absolute atomic E-state index is 0.243. The SMILES string of the molecule is O=C(O)c1ccc(-c2ccsc2)c(COc2ccc(-c3nc4cc(-c5nn[nH]n5)ccc4n3C3CCCCC3)cc2)c1. The lowest BCUT2D eigenvalue weighted by Gasteiger charge is -2.25. The number of aromatic carboxylic acids is 1. The summed E-state index contributed by atoms with van der Waals surface area (Å²) in [6.07, 6.45) is 5.97. The maximum atomic E-state index is 11.6. The van der Waals surface area contributed by atoms with Gasteiger partial charge in [-0.05, 0) is 106 Å². The molecule has 1 aliphatic carbocycles. The van der Waals surface area contributed by atoms with Crippen molar-refractivity contribution in [3.63, 3.8) is 0 Å². The van der Waals surface area contributed by atoms with Crippen LogP contribution in [0.25, 0.3) is 44.9 Å². The predicted octanol–water partition coefficient (Wildman–Crippen LogP) is 7.39. The molecular formula is C32H28N6O3S. The first kappa shape index (κ1) is 26.1. The number of carboxylic acids is 1. The number of H-pyrrole nitrogens is 1. The summed E-state index contributed by atoms with van der Waals surface area (Å²) >= 11 is 1.60. The highest BCUT2D eigenvalue weighted by Gasteiger charge is 2.23. The molecule has 1 saturated carbocycles. The van der Waals surface area contributed by atoms with Gasteiger partial charge in [0.15, 0.2) is 0 Å². The first-order valence-electron chi connectivity index (χ1n) is 14.0. The molecule has 0 aliphatic heterocycles. The maximum Gasteiger partial charge on any atom is 0.335 e. The van der Waals surface area contributed by atoms with Crippen molar-refractivity contribution in [2.24, 2.45) is 0 Å². The topological polar surface area (TPSA) is 119 Å². The van der Waals surface area contributed by atoms with Crippen LogP contribution in [0.1, 0.15) is 54.1 Å². The molecule has 42 heavy (non-hydrogen) atoms. The fourth-order valence-electron chi connectivity index (χ4n) is 5.84. The van der Waals surface area contributed by atoms with Crippen molar-refractivity contribution in [2.75, 3.05) is 0 Å². The van der Waals surface area contributed by atoms with E-state index in [9.17, 15) is 9.90 Å². The molecule has 0 spiro atoms. The van der Waals surface area contributed by atoms with Gasteiger partial charge in [0.1, 0.15) is 18.2 Å². The zero-order chi connectivity index (χ0) is 28.5. The van der Waals surface area contributed by atoms with Crippen molar-refractivity contribution in [2.45, 2.75) is 44.8 Å². The minimum atomic E-state index is -0.956. The summed E-state index contributed by atoms with van der Waals surface area (Å²) in [4.78, 5) is 16.7. The number of carboxylic acid groups (broad SMARTS) is 1. The quantitative estimate of drug-likeness (QED) is 0.194. The third-order valence-electron chi connectivity index (χ3n) is 7.92. The predicted molar refractivity (Wildman–Crippen MR) is 162 cm³/mol. The summed E-state index contributed by atoms with van der Waals surface area (Å²) in [5, 5.41) is 28.1. The van der Waals surface area contributed by atoms with Gasteiger partial charge < -0.3 is 14.4 Å². The van der Waals surface area contributed by atoms with Gasteiger partial charge in [0.2, 0.25) is 5.82 Å². The lowest BCUT2D eigenvalue weighted by Crippen LogP contribution is -2.14. The fourth-order valence-corrected chi connectivity index (χ4v) is 6.50. The Morgan fingerprint density at radius 3 is 2.55 bits per heavy atom. The molecular weight excluding hydrogens is 548 g/mol. The van der Waals surface area contributed by atoms with Crippen LogP contribution in [0.4, 0.5) is 0 Å². The van der Waals surface area contributed by atoms with Gasteiger partial charge >= 0.3 is 5.97 Å². The number of aromatic nitrogens is 6. The van der Waals surface area contributed by atoms with Gasteiger partial charge in [-0.15, -0.1) is 10.2 Å². The molecule has 210 valence electrons. The molecule has 9 nitrogen and oxygen atoms in total. The van der Waals surface area contributed by atoms with Gasteiger partial charge in [-0.1, -0.05) is 25.3 Å². The number of thiophene rings is 1. The molecule has 0 unspecified atom stereocenters. The standard InChI is InChI=1S/C32H28N6O3S/c39-32(40)22-8-12-27(23-14-15-42-19-23)24(16-22)18-41-26-10-6-20(7-11-26)31-33-28-17-21(30-34-36-37-35-30)9-13-29(28)38(31)25-4-2-1-3-5-25/h6-17,19,25H,1-5,18H2,(H,39,40)(H,34,35,36,37). The Kier molecular flexibility index (Phi) is 6.97. The maximum absolute atomic E-state index is 11.6. The van der Waals surface area contributed by atoms with E-state index in [0.717, 1.165) is 57.5 Å². The summed E-state index contributed by atoms with van der Waals surface area (Å²) in [5.41, 5.74) is 6.97. The van der Waals surface area contributed by atoms with Crippen molar-refractivity contribution in [3.05, 3.63) is 88.6 Å². The number of hydrogen-bond donors (Lipinski definition) is 2. The average molecular weight is 577 g/mol. The van der Waals surface area contributed by atoms with E-state index in [0.29, 0.717) is 17.6 Å². The summed E-state index contributed by atoms with van der Waals surface area (Å²) in [6.45, 7) is 0.255. The largest absolute Gasteiger partial charge is 0.489 e. The van der Waals surface area contributed by atoms with Crippen LogP contribution in [0, 0.1) is 0 Å². The van der Waals surface area contributed by atoms with Crippen molar-refractivity contribution in [1.29, 1.82) is 0 Å². The van der Waals surface area contributed by atoms with Gasteiger partial charge in [-0.25, -0.2) is 9.78 Å². The van der Waals surface area contributed by atoms with Gasteiger partial charge in [0.25, 0.3) is 0 Å². The molecule has 3 aromatic heterocycles. The summed E-state index contributed by atoms with van der Waals surface area (Å²) in [7, 11) is 0. The van der Waals surface area contributed by atoms with E-state index in [-0.39, 0.29) is 12.2 Å². The monoisotopic (exact) mass is 576 g/mol. The van der Waals surface area contributed by atoms with E-state index < -0.39 is 5.97 Å². The number of nitrogens with zero attached hydrogens (tertiary/aromatic N) is 5. The second kappa shape index (κ2) is 11.2. The Balaban J connectivity index is 1.19. The molecule has 0 amide bonds. The third kappa shape index (κ3) is 5.05. The molecule has 1 aliphatic rings. The van der Waals surface area contributed by atoms with E-state index in [1.54, 1.807) is 23.5 Å². The molecule has 0 bridgehead atoms. The normalized spacial score (nSPS) is 13.9. The fraction of sp³-hybridized carbons (Fsp3) is 0.219. The van der Waals surface area contributed by atoms with Crippen LogP contribution < -0.4 is 4.74 Å². The van der Waals surface area contributed by atoms with E-state index in [1.165, 1.54) is 19.3 Å². The van der Waals surface area contributed by atoms with E-state index in [2.05, 4.69) is 36.6 Å². The molecule has 0 radical (unpaired) electrons. The van der Waals surface area contributed by atoms with Gasteiger partial charge in [-0.2, -0.15) is 16.6 Å². The van der Waals surface area contributed by atoms with Crippen molar-refractivity contribution < 1.29 is 14.6 Å². The lowest BCUT2D eigenvalue weighted by molar-refractivity contribution is 0.0696. The number of carbonyl (C=O) groups is 1. The molecule has 3 aromatic carbocycles. The highest BCUT2D eigenvalue weighted by molar-refractivity contribution is 7.08. The Morgan fingerprint density at radius 2 is 1.81 bits per heavy atom. The third-order valence-corrected chi connectivity index (χ3v) is 8.61. The number of fused-ring (bicyclic) bond motifs is 1. The van der Waals surface area contributed by atoms with Crippen LogP contribution in [0.3, 0.4) is 0 Å². The number of benzene rings is 3. The first-order chi connectivity index (χ1) is 20.6. The van der Waals surface area contributed by atoms with Gasteiger partial charge in [0.05, 0.1) is 16.6 Å². The summed E-state index contributed by atoms with van der Waals surface area (Å²) < 4.78 is 8.58. The van der Waals surface area contributed by atoms with E-state index in [1.807, 2.05) is 53.9 Å². The van der Waals surface area contributed by atoms with Crippen LogP contribution in [0.2, 0.25) is 0 Å². The van der Waals surface area contributed by atoms with E-state index >= 15 is 0 Å². The van der Waals surface area contributed by atoms with Crippen molar-refractivity contribution >= 4 is 28.3 Å². The molecule has 2 N–H and O–H groups in total. The molecule has 0 saturated heterocycles. The van der Waals surface area contributed by atoms with Crippen LogP contribution in [-0.4, -0.2) is 41.3 Å². The number of aromatic amines is 1. The second-order valence-electron chi connectivity index (χ2n) is 10.5. The summed E-state index contributed by atoms with van der Waals surface area (Å²) in [6, 6.07) is 21.8. The Labute approximate surface area is 245 Å². The van der Waals surface area contributed by atoms with Crippen LogP contribution in [0.15, 0.2) is 77.5 Å². The number of nitrogens with one attached hydrogen (secondary N) is 1. The summed E-state index contributed by atoms with van der Waals surface area (Å²) in [5.74, 6) is 1.23. The Bertz CT molecular complexity index is 1840. The molecule has 3 heterocycles. The number of hydrogen-bond acceptors (Lipinski definition) is 7. The van der Waals surface area contributed by atoms with Crippen LogP contribution >= 0.6 is 11.3 Å². The van der Waals surface area contributed by atoms with Gasteiger partial charge in [0, 0.05) is 17.2 Å². The lowest BCUT2D eigenvalue weighted by atomic mass is 9.95. The van der Waals surface area contributed by atoms with Crippen LogP contribution in [-0.2, 0) is 6.61 Å². The Hall–Kier alpha value is -4.83. The molecule has 0 atom stereocenters. The number of tetrazole rings is 1. The molecule has 10 heteroatoms. The number of ether oxygens (including phenoxy) is 1. The smallest absolute Gasteiger partial charge is 0.335 e. The highest BCUT2D eigenvalue weighted by Crippen LogP contribution is 2.37. The van der Waals surface area contributed by atoms with Gasteiger partial charge in [-0.3, -0.25) is 0 Å². The first-order valence-corrected chi connectivity index (χ1v) is 15.0. The van der Waals surface area contributed by atoms with Crippen molar-refractivity contribution in [3.8, 4) is 39.7 Å². The number of imidazole rings is 1. The molecule has 6 aromatic rings.